The van der Waals surface area contributed by atoms with Crippen LogP contribution in [0.4, 0.5) is 5.82 Å². The van der Waals surface area contributed by atoms with Crippen molar-refractivity contribution >= 4 is 11.7 Å². The summed E-state index contributed by atoms with van der Waals surface area (Å²) in [4.78, 5) is 26.3. The van der Waals surface area contributed by atoms with Crippen molar-refractivity contribution in [1.29, 1.82) is 0 Å². The highest BCUT2D eigenvalue weighted by Gasteiger charge is 2.22. The molecule has 1 amide bonds. The molecule has 2 rings (SSSR count). The SMILES string of the molecule is CC(O)CN1CCN(C(=O)CN(C)c2cnccn2)CC1. The van der Waals surface area contributed by atoms with Gasteiger partial charge in [0, 0.05) is 52.2 Å². The van der Waals surface area contributed by atoms with Crippen LogP contribution in [-0.2, 0) is 4.79 Å². The van der Waals surface area contributed by atoms with Gasteiger partial charge < -0.3 is 14.9 Å². The van der Waals surface area contributed by atoms with Gasteiger partial charge in [-0.25, -0.2) is 4.98 Å². The molecular weight excluding hydrogens is 270 g/mol. The van der Waals surface area contributed by atoms with E-state index in [1.807, 2.05) is 11.9 Å². The van der Waals surface area contributed by atoms with Crippen molar-refractivity contribution < 1.29 is 9.90 Å². The normalized spacial score (nSPS) is 17.6. The van der Waals surface area contributed by atoms with Crippen LogP contribution in [0, 0.1) is 0 Å². The van der Waals surface area contributed by atoms with Gasteiger partial charge in [-0.3, -0.25) is 14.7 Å². The molecular formula is C14H23N5O2. The molecule has 1 aliphatic heterocycles. The number of aliphatic hydroxyl groups excluding tert-OH is 1. The Morgan fingerprint density at radius 1 is 1.38 bits per heavy atom. The molecule has 1 aliphatic rings. The molecule has 0 radical (unpaired) electrons. The fraction of sp³-hybridized carbons (Fsp3) is 0.643. The predicted octanol–water partition coefficient (Wildman–Crippen LogP) is -0.562. The second-order valence-corrected chi connectivity index (χ2v) is 5.45. The number of amides is 1. The Hall–Kier alpha value is -1.73. The average molecular weight is 293 g/mol. The first kappa shape index (κ1) is 15.7. The van der Waals surface area contributed by atoms with Crippen LogP contribution < -0.4 is 4.90 Å². The fourth-order valence-electron chi connectivity index (χ4n) is 2.43. The molecule has 0 aliphatic carbocycles. The van der Waals surface area contributed by atoms with Crippen molar-refractivity contribution in [2.24, 2.45) is 0 Å². The fourth-order valence-corrected chi connectivity index (χ4v) is 2.43. The van der Waals surface area contributed by atoms with E-state index in [-0.39, 0.29) is 12.0 Å². The van der Waals surface area contributed by atoms with Gasteiger partial charge in [-0.2, -0.15) is 0 Å². The number of carbonyl (C=O) groups is 1. The van der Waals surface area contributed by atoms with Crippen LogP contribution in [0.5, 0.6) is 0 Å². The summed E-state index contributed by atoms with van der Waals surface area (Å²) in [5.41, 5.74) is 0. The van der Waals surface area contributed by atoms with Gasteiger partial charge in [0.25, 0.3) is 0 Å². The molecule has 1 N–H and O–H groups in total. The third-order valence-corrected chi connectivity index (χ3v) is 3.56. The second kappa shape index (κ2) is 7.33. The number of piperazine rings is 1. The van der Waals surface area contributed by atoms with Crippen LogP contribution in [0.1, 0.15) is 6.92 Å². The molecule has 7 heteroatoms. The predicted molar refractivity (Wildman–Crippen MR) is 80.0 cm³/mol. The summed E-state index contributed by atoms with van der Waals surface area (Å²) in [7, 11) is 1.84. The summed E-state index contributed by atoms with van der Waals surface area (Å²) in [5.74, 6) is 0.790. The van der Waals surface area contributed by atoms with Crippen molar-refractivity contribution in [3.8, 4) is 0 Å². The molecule has 1 fully saturated rings. The van der Waals surface area contributed by atoms with Crippen LogP contribution >= 0.6 is 0 Å². The summed E-state index contributed by atoms with van der Waals surface area (Å²) in [6, 6.07) is 0. The Morgan fingerprint density at radius 3 is 2.67 bits per heavy atom. The zero-order valence-electron chi connectivity index (χ0n) is 12.6. The van der Waals surface area contributed by atoms with Gasteiger partial charge >= 0.3 is 0 Å². The van der Waals surface area contributed by atoms with E-state index in [2.05, 4.69) is 14.9 Å². The number of hydrogen-bond donors (Lipinski definition) is 1. The van der Waals surface area contributed by atoms with E-state index in [9.17, 15) is 9.90 Å². The quantitative estimate of drug-likeness (QED) is 0.784. The maximum absolute atomic E-state index is 12.3. The van der Waals surface area contributed by atoms with Crippen molar-refractivity contribution in [3.63, 3.8) is 0 Å². The van der Waals surface area contributed by atoms with Gasteiger partial charge in [0.2, 0.25) is 5.91 Å². The Labute approximate surface area is 125 Å². The Kier molecular flexibility index (Phi) is 5.46. The van der Waals surface area contributed by atoms with Gasteiger partial charge in [0.15, 0.2) is 0 Å². The lowest BCUT2D eigenvalue weighted by molar-refractivity contribution is -0.131. The molecule has 0 spiro atoms. The highest BCUT2D eigenvalue weighted by atomic mass is 16.3. The lowest BCUT2D eigenvalue weighted by atomic mass is 10.2. The van der Waals surface area contributed by atoms with Gasteiger partial charge in [0.05, 0.1) is 18.8 Å². The lowest BCUT2D eigenvalue weighted by Crippen LogP contribution is -2.52. The minimum absolute atomic E-state index is 0.0971. The number of likely N-dealkylation sites (N-methyl/N-ethyl adjacent to an activating group) is 1. The first-order valence-electron chi connectivity index (χ1n) is 7.21. The summed E-state index contributed by atoms with van der Waals surface area (Å²) in [5, 5.41) is 9.38. The maximum atomic E-state index is 12.3. The number of rotatable bonds is 5. The number of β-amino-alcohol motifs (C(OH)–C–C–N with tert-alkyl or cyclic N) is 1. The third-order valence-electron chi connectivity index (χ3n) is 3.56. The van der Waals surface area contributed by atoms with E-state index >= 15 is 0 Å². The molecule has 1 aromatic heterocycles. The molecule has 1 atom stereocenters. The Balaban J connectivity index is 1.80. The summed E-state index contributed by atoms with van der Waals surface area (Å²) in [6.07, 6.45) is 4.55. The molecule has 7 nitrogen and oxygen atoms in total. The van der Waals surface area contributed by atoms with E-state index in [0.29, 0.717) is 32.0 Å². The van der Waals surface area contributed by atoms with Crippen LogP contribution in [0.25, 0.3) is 0 Å². The van der Waals surface area contributed by atoms with Crippen LogP contribution in [-0.4, -0.2) is 83.2 Å². The molecule has 21 heavy (non-hydrogen) atoms. The van der Waals surface area contributed by atoms with Crippen LogP contribution in [0.2, 0.25) is 0 Å². The molecule has 0 bridgehead atoms. The van der Waals surface area contributed by atoms with Crippen molar-refractivity contribution in [1.82, 2.24) is 19.8 Å². The van der Waals surface area contributed by atoms with Gasteiger partial charge in [0.1, 0.15) is 5.82 Å². The standard InChI is InChI=1S/C14H23N5O2/c1-12(20)10-18-5-7-19(8-6-18)14(21)11-17(2)13-9-15-3-4-16-13/h3-4,9,12,20H,5-8,10-11H2,1-2H3. The number of carbonyl (C=O) groups excluding carboxylic acids is 1. The molecule has 116 valence electrons. The van der Waals surface area contributed by atoms with E-state index in [1.165, 1.54) is 0 Å². The first-order chi connectivity index (χ1) is 10.1. The number of hydrogen-bond acceptors (Lipinski definition) is 6. The number of aromatic nitrogens is 2. The zero-order chi connectivity index (χ0) is 15.2. The molecule has 0 saturated carbocycles. The van der Waals surface area contributed by atoms with Crippen molar-refractivity contribution in [2.75, 3.05) is 51.2 Å². The third kappa shape index (κ3) is 4.64. The lowest BCUT2D eigenvalue weighted by Gasteiger charge is -2.36. The molecule has 1 saturated heterocycles. The number of aliphatic hydroxyl groups is 1. The molecule has 1 unspecified atom stereocenters. The molecule has 2 heterocycles. The summed E-state index contributed by atoms with van der Waals surface area (Å²) < 4.78 is 0. The highest BCUT2D eigenvalue weighted by molar-refractivity contribution is 5.81. The van der Waals surface area contributed by atoms with Gasteiger partial charge in [-0.05, 0) is 6.92 Å². The monoisotopic (exact) mass is 293 g/mol. The summed E-state index contributed by atoms with van der Waals surface area (Å²) >= 11 is 0. The van der Waals surface area contributed by atoms with Crippen LogP contribution in [0.15, 0.2) is 18.6 Å². The largest absolute Gasteiger partial charge is 0.392 e. The number of anilines is 1. The summed E-state index contributed by atoms with van der Waals surface area (Å²) in [6.45, 7) is 5.79. The van der Waals surface area contributed by atoms with E-state index in [0.717, 1.165) is 13.1 Å². The Morgan fingerprint density at radius 2 is 2.10 bits per heavy atom. The number of nitrogens with zero attached hydrogens (tertiary/aromatic N) is 5. The second-order valence-electron chi connectivity index (χ2n) is 5.45. The smallest absolute Gasteiger partial charge is 0.242 e. The molecule has 0 aromatic carbocycles. The Bertz CT molecular complexity index is 446. The average Bonchev–Trinajstić information content (AvgIpc) is 2.48. The minimum Gasteiger partial charge on any atom is -0.392 e. The minimum atomic E-state index is -0.324. The van der Waals surface area contributed by atoms with E-state index in [1.54, 1.807) is 30.4 Å². The van der Waals surface area contributed by atoms with Crippen molar-refractivity contribution in [3.05, 3.63) is 18.6 Å². The maximum Gasteiger partial charge on any atom is 0.242 e. The van der Waals surface area contributed by atoms with Gasteiger partial charge in [-0.1, -0.05) is 0 Å². The van der Waals surface area contributed by atoms with Crippen molar-refractivity contribution in [2.45, 2.75) is 13.0 Å². The van der Waals surface area contributed by atoms with Gasteiger partial charge in [-0.15, -0.1) is 0 Å². The van der Waals surface area contributed by atoms with Crippen LogP contribution in [0.3, 0.4) is 0 Å². The first-order valence-corrected chi connectivity index (χ1v) is 7.21. The van der Waals surface area contributed by atoms with E-state index < -0.39 is 0 Å². The topological polar surface area (TPSA) is 72.8 Å². The van der Waals surface area contributed by atoms with E-state index in [4.69, 9.17) is 0 Å². The molecule has 1 aromatic rings. The highest BCUT2D eigenvalue weighted by Crippen LogP contribution is 2.07. The zero-order valence-corrected chi connectivity index (χ0v) is 12.6.